The molecule has 0 N–H and O–H groups in total. The molecule has 160 valence electrons. The Kier molecular flexibility index (Phi) is 6.38. The highest BCUT2D eigenvalue weighted by Gasteiger charge is 2.22. The molecule has 11 heteroatoms. The quantitative estimate of drug-likeness (QED) is 0.312. The number of halogens is 1. The summed E-state index contributed by atoms with van der Waals surface area (Å²) in [5, 5.41) is 19.7. The van der Waals surface area contributed by atoms with E-state index < -0.39 is 4.92 Å². The molecule has 4 rings (SSSR count). The summed E-state index contributed by atoms with van der Waals surface area (Å²) >= 11 is 7.09. The summed E-state index contributed by atoms with van der Waals surface area (Å²) < 4.78 is 5.62. The van der Waals surface area contributed by atoms with Gasteiger partial charge in [-0.1, -0.05) is 23.4 Å². The third kappa shape index (κ3) is 5.15. The van der Waals surface area contributed by atoms with Crippen molar-refractivity contribution < 1.29 is 14.1 Å². The first-order chi connectivity index (χ1) is 15.0. The molecule has 2 heterocycles. The minimum absolute atomic E-state index is 0.000377. The molecule has 0 spiro atoms. The highest BCUT2D eigenvalue weighted by molar-refractivity contribution is 7.99. The molecule has 1 aliphatic heterocycles. The predicted molar refractivity (Wildman–Crippen MR) is 117 cm³/mol. The van der Waals surface area contributed by atoms with E-state index in [-0.39, 0.29) is 17.3 Å². The Balaban J connectivity index is 1.27. The van der Waals surface area contributed by atoms with Gasteiger partial charge in [0.15, 0.2) is 0 Å². The first kappa shape index (κ1) is 21.1. The van der Waals surface area contributed by atoms with E-state index >= 15 is 0 Å². The number of thioether (sulfide) groups is 1. The first-order valence-electron chi connectivity index (χ1n) is 9.49. The summed E-state index contributed by atoms with van der Waals surface area (Å²) in [6.45, 7) is 2.48. The van der Waals surface area contributed by atoms with E-state index in [1.54, 1.807) is 41.3 Å². The summed E-state index contributed by atoms with van der Waals surface area (Å²) in [5.41, 5.74) is 1.74. The van der Waals surface area contributed by atoms with Crippen molar-refractivity contribution in [3.05, 3.63) is 63.7 Å². The maximum Gasteiger partial charge on any atom is 0.277 e. The number of rotatable bonds is 6. The van der Waals surface area contributed by atoms with E-state index in [4.69, 9.17) is 16.0 Å². The number of piperazine rings is 1. The van der Waals surface area contributed by atoms with Gasteiger partial charge in [-0.15, -0.1) is 10.2 Å². The molecule has 31 heavy (non-hydrogen) atoms. The Hall–Kier alpha value is -3.11. The number of hydrogen-bond acceptors (Lipinski definition) is 8. The van der Waals surface area contributed by atoms with Gasteiger partial charge < -0.3 is 14.2 Å². The summed E-state index contributed by atoms with van der Waals surface area (Å²) in [5.74, 6) is 0.586. The van der Waals surface area contributed by atoms with Crippen molar-refractivity contribution in [2.24, 2.45) is 0 Å². The van der Waals surface area contributed by atoms with Crippen molar-refractivity contribution in [2.45, 2.75) is 5.22 Å². The number of nitro benzene ring substituents is 1. The largest absolute Gasteiger partial charge is 0.411 e. The number of carbonyl (C=O) groups excluding carboxylic acids is 1. The van der Waals surface area contributed by atoms with Crippen molar-refractivity contribution in [3.8, 4) is 11.5 Å². The van der Waals surface area contributed by atoms with Crippen LogP contribution in [-0.2, 0) is 4.79 Å². The second-order valence-corrected chi connectivity index (χ2v) is 8.17. The molecule has 0 unspecified atom stereocenters. The average molecular weight is 460 g/mol. The summed E-state index contributed by atoms with van der Waals surface area (Å²) in [4.78, 5) is 26.8. The Morgan fingerprint density at radius 2 is 1.74 bits per heavy atom. The maximum atomic E-state index is 12.6. The summed E-state index contributed by atoms with van der Waals surface area (Å²) in [6, 6.07) is 13.5. The van der Waals surface area contributed by atoms with Crippen molar-refractivity contribution in [1.29, 1.82) is 0 Å². The molecular weight excluding hydrogens is 442 g/mol. The van der Waals surface area contributed by atoms with Crippen molar-refractivity contribution in [3.63, 3.8) is 0 Å². The van der Waals surface area contributed by atoms with Gasteiger partial charge in [-0.2, -0.15) is 0 Å². The van der Waals surface area contributed by atoms with Gasteiger partial charge in [-0.05, 0) is 36.4 Å². The zero-order valence-corrected chi connectivity index (χ0v) is 17.9. The third-order valence-electron chi connectivity index (χ3n) is 4.87. The Bertz CT molecular complexity index is 1070. The van der Waals surface area contributed by atoms with Crippen LogP contribution in [0.1, 0.15) is 0 Å². The zero-order valence-electron chi connectivity index (χ0n) is 16.3. The van der Waals surface area contributed by atoms with E-state index in [9.17, 15) is 14.9 Å². The van der Waals surface area contributed by atoms with Gasteiger partial charge in [0.2, 0.25) is 11.8 Å². The number of nitro groups is 1. The number of nitrogens with zero attached hydrogens (tertiary/aromatic N) is 5. The standard InChI is InChI=1S/C20H18ClN5O4S/c21-15-3-1-14(2-4-15)19-22-23-20(30-19)31-13-18(27)25-11-9-24(10-12-25)16-5-7-17(8-6-16)26(28)29/h1-8H,9-13H2. The van der Waals surface area contributed by atoms with Gasteiger partial charge in [-0.25, -0.2) is 0 Å². The number of non-ortho nitro benzene ring substituents is 1. The SMILES string of the molecule is O=C(CSc1nnc(-c2ccc(Cl)cc2)o1)N1CCN(c2ccc([N+](=O)[O-])cc2)CC1. The molecular formula is C20H18ClN5O4S. The van der Waals surface area contributed by atoms with Crippen LogP contribution in [0.3, 0.4) is 0 Å². The van der Waals surface area contributed by atoms with Crippen molar-refractivity contribution in [1.82, 2.24) is 15.1 Å². The Morgan fingerprint density at radius 3 is 2.39 bits per heavy atom. The molecule has 1 saturated heterocycles. The second kappa shape index (κ2) is 9.36. The zero-order chi connectivity index (χ0) is 21.8. The number of benzene rings is 2. The molecule has 9 nitrogen and oxygen atoms in total. The first-order valence-corrected chi connectivity index (χ1v) is 10.9. The highest BCUT2D eigenvalue weighted by Crippen LogP contribution is 2.25. The molecule has 1 amide bonds. The predicted octanol–water partition coefficient (Wildman–Crippen LogP) is 3.74. The molecule has 3 aromatic rings. The van der Waals surface area contributed by atoms with Crippen LogP contribution in [-0.4, -0.2) is 57.9 Å². The maximum absolute atomic E-state index is 12.6. The fourth-order valence-electron chi connectivity index (χ4n) is 3.19. The van der Waals surface area contributed by atoms with E-state index in [2.05, 4.69) is 15.1 Å². The minimum Gasteiger partial charge on any atom is -0.411 e. The van der Waals surface area contributed by atoms with Gasteiger partial charge in [0.1, 0.15) is 0 Å². The van der Waals surface area contributed by atoms with E-state index in [1.165, 1.54) is 23.9 Å². The van der Waals surface area contributed by atoms with E-state index in [1.807, 2.05) is 0 Å². The summed E-state index contributed by atoms with van der Waals surface area (Å²) in [6.07, 6.45) is 0. The van der Waals surface area contributed by atoms with E-state index in [0.717, 1.165) is 11.3 Å². The van der Waals surface area contributed by atoms with Crippen molar-refractivity contribution >= 4 is 40.6 Å². The molecule has 0 radical (unpaired) electrons. The van der Waals surface area contributed by atoms with Crippen LogP contribution in [0.15, 0.2) is 58.2 Å². The van der Waals surface area contributed by atoms with Gasteiger partial charge >= 0.3 is 0 Å². The number of hydrogen-bond donors (Lipinski definition) is 0. The molecule has 0 bridgehead atoms. The van der Waals surface area contributed by atoms with Gasteiger partial charge in [-0.3, -0.25) is 14.9 Å². The second-order valence-electron chi connectivity index (χ2n) is 6.81. The van der Waals surface area contributed by atoms with Gasteiger partial charge in [0.25, 0.3) is 10.9 Å². The van der Waals surface area contributed by atoms with Crippen LogP contribution < -0.4 is 4.90 Å². The lowest BCUT2D eigenvalue weighted by atomic mass is 10.2. The molecule has 0 aliphatic carbocycles. The number of anilines is 1. The molecule has 0 saturated carbocycles. The third-order valence-corrected chi connectivity index (χ3v) is 5.93. The Labute approximate surface area is 187 Å². The molecule has 1 aliphatic rings. The molecule has 1 fully saturated rings. The lowest BCUT2D eigenvalue weighted by Gasteiger charge is -2.36. The van der Waals surface area contributed by atoms with Crippen LogP contribution in [0.25, 0.3) is 11.5 Å². The fourth-order valence-corrected chi connectivity index (χ4v) is 3.98. The average Bonchev–Trinajstić information content (AvgIpc) is 3.27. The fraction of sp³-hybridized carbons (Fsp3) is 0.250. The molecule has 1 aromatic heterocycles. The van der Waals surface area contributed by atoms with Crippen LogP contribution in [0.4, 0.5) is 11.4 Å². The topological polar surface area (TPSA) is 106 Å². The monoisotopic (exact) mass is 459 g/mol. The number of aromatic nitrogens is 2. The highest BCUT2D eigenvalue weighted by atomic mass is 35.5. The van der Waals surface area contributed by atoms with Crippen LogP contribution in [0.5, 0.6) is 0 Å². The summed E-state index contributed by atoms with van der Waals surface area (Å²) in [7, 11) is 0. The van der Waals surface area contributed by atoms with Crippen LogP contribution in [0, 0.1) is 10.1 Å². The van der Waals surface area contributed by atoms with Crippen LogP contribution >= 0.6 is 23.4 Å². The molecule has 0 atom stereocenters. The van der Waals surface area contributed by atoms with E-state index in [0.29, 0.717) is 42.3 Å². The number of amides is 1. The van der Waals surface area contributed by atoms with Crippen molar-refractivity contribution in [2.75, 3.05) is 36.8 Å². The lowest BCUT2D eigenvalue weighted by molar-refractivity contribution is -0.384. The number of carbonyl (C=O) groups is 1. The normalized spacial score (nSPS) is 14.0. The lowest BCUT2D eigenvalue weighted by Crippen LogP contribution is -2.49. The smallest absolute Gasteiger partial charge is 0.277 e. The van der Waals surface area contributed by atoms with Gasteiger partial charge in [0, 0.05) is 54.6 Å². The van der Waals surface area contributed by atoms with Crippen LogP contribution in [0.2, 0.25) is 5.02 Å². The minimum atomic E-state index is -0.417. The van der Waals surface area contributed by atoms with Gasteiger partial charge in [0.05, 0.1) is 10.7 Å². The Morgan fingerprint density at radius 1 is 1.06 bits per heavy atom. The molecule has 2 aromatic carbocycles.